The Morgan fingerprint density at radius 3 is 2.79 bits per heavy atom. The summed E-state index contributed by atoms with van der Waals surface area (Å²) in [4.78, 5) is 0. The predicted molar refractivity (Wildman–Crippen MR) is 74.0 cm³/mol. The fourth-order valence-electron chi connectivity index (χ4n) is 3.13. The number of aromatic nitrogens is 2. The van der Waals surface area contributed by atoms with Gasteiger partial charge in [0.05, 0.1) is 23.7 Å². The van der Waals surface area contributed by atoms with Crippen molar-refractivity contribution in [3.63, 3.8) is 0 Å². The summed E-state index contributed by atoms with van der Waals surface area (Å²) in [5.74, 6) is 1.17. The van der Waals surface area contributed by atoms with Crippen LogP contribution in [0.1, 0.15) is 43.2 Å². The van der Waals surface area contributed by atoms with Crippen LogP contribution < -0.4 is 5.32 Å². The van der Waals surface area contributed by atoms with Gasteiger partial charge in [0.15, 0.2) is 9.84 Å². The van der Waals surface area contributed by atoms with Crippen LogP contribution >= 0.6 is 0 Å². The molecule has 1 aromatic rings. The van der Waals surface area contributed by atoms with Crippen LogP contribution in [0.5, 0.6) is 0 Å². The Labute approximate surface area is 114 Å². The highest BCUT2D eigenvalue weighted by Gasteiger charge is 2.27. The van der Waals surface area contributed by atoms with Crippen LogP contribution in [0, 0.1) is 0 Å². The molecule has 0 spiro atoms. The van der Waals surface area contributed by atoms with E-state index in [1.54, 1.807) is 0 Å². The van der Waals surface area contributed by atoms with Crippen LogP contribution in [0.25, 0.3) is 0 Å². The summed E-state index contributed by atoms with van der Waals surface area (Å²) in [5.41, 5.74) is 1.27. The zero-order valence-electron chi connectivity index (χ0n) is 11.1. The Morgan fingerprint density at radius 2 is 2.05 bits per heavy atom. The SMILES string of the molecule is O=S1(=O)CCCC(n2cc(C3CCNCC3)cn2)C1. The minimum absolute atomic E-state index is 0.0363. The lowest BCUT2D eigenvalue weighted by Crippen LogP contribution is -2.28. The molecule has 2 fully saturated rings. The topological polar surface area (TPSA) is 64.0 Å². The summed E-state index contributed by atoms with van der Waals surface area (Å²) in [6.45, 7) is 2.13. The van der Waals surface area contributed by atoms with Gasteiger partial charge in [-0.1, -0.05) is 0 Å². The van der Waals surface area contributed by atoms with Gasteiger partial charge in [0.1, 0.15) is 0 Å². The standard InChI is InChI=1S/C13H21N3O2S/c17-19(18)7-1-2-13(10-19)16-9-12(8-15-16)11-3-5-14-6-4-11/h8-9,11,13-14H,1-7,10H2. The molecule has 1 unspecified atom stereocenters. The van der Waals surface area contributed by atoms with Crippen LogP contribution in [0.3, 0.4) is 0 Å². The van der Waals surface area contributed by atoms with Crippen molar-refractivity contribution in [2.45, 2.75) is 37.6 Å². The lowest BCUT2D eigenvalue weighted by atomic mass is 9.93. The van der Waals surface area contributed by atoms with Gasteiger partial charge in [-0.25, -0.2) is 8.42 Å². The van der Waals surface area contributed by atoms with E-state index in [-0.39, 0.29) is 11.8 Å². The number of hydrogen-bond donors (Lipinski definition) is 1. The highest BCUT2D eigenvalue weighted by atomic mass is 32.2. The first kappa shape index (κ1) is 13.1. The van der Waals surface area contributed by atoms with Crippen molar-refractivity contribution >= 4 is 9.84 Å². The molecule has 3 rings (SSSR count). The number of hydrogen-bond acceptors (Lipinski definition) is 4. The first-order chi connectivity index (χ1) is 9.14. The molecule has 1 N–H and O–H groups in total. The van der Waals surface area contributed by atoms with Crippen LogP contribution in [-0.2, 0) is 9.84 Å². The van der Waals surface area contributed by atoms with Crippen molar-refractivity contribution in [2.75, 3.05) is 24.6 Å². The maximum Gasteiger partial charge on any atom is 0.152 e. The first-order valence-electron chi connectivity index (χ1n) is 7.09. The summed E-state index contributed by atoms with van der Waals surface area (Å²) in [6, 6.07) is 0.0363. The largest absolute Gasteiger partial charge is 0.317 e. The fraction of sp³-hybridized carbons (Fsp3) is 0.769. The molecule has 106 valence electrons. The summed E-state index contributed by atoms with van der Waals surface area (Å²) in [5, 5.41) is 7.77. The van der Waals surface area contributed by atoms with Gasteiger partial charge >= 0.3 is 0 Å². The van der Waals surface area contributed by atoms with Crippen molar-refractivity contribution in [3.8, 4) is 0 Å². The molecule has 1 aromatic heterocycles. The summed E-state index contributed by atoms with van der Waals surface area (Å²) in [6.07, 6.45) is 7.98. The summed E-state index contributed by atoms with van der Waals surface area (Å²) < 4.78 is 25.3. The highest BCUT2D eigenvalue weighted by Crippen LogP contribution is 2.27. The molecule has 1 atom stereocenters. The molecule has 6 heteroatoms. The van der Waals surface area contributed by atoms with E-state index in [1.807, 2.05) is 10.9 Å². The zero-order chi connectivity index (χ0) is 13.3. The van der Waals surface area contributed by atoms with Gasteiger partial charge in [0.25, 0.3) is 0 Å². The van der Waals surface area contributed by atoms with Crippen LogP contribution in [-0.4, -0.2) is 42.8 Å². The van der Waals surface area contributed by atoms with Crippen LogP contribution in [0.2, 0.25) is 0 Å². The number of sulfone groups is 1. The van der Waals surface area contributed by atoms with Gasteiger partial charge in [-0.15, -0.1) is 0 Å². The molecule has 0 aliphatic carbocycles. The van der Waals surface area contributed by atoms with E-state index in [0.717, 1.165) is 38.8 Å². The smallest absolute Gasteiger partial charge is 0.152 e. The molecule has 3 heterocycles. The Balaban J connectivity index is 1.73. The van der Waals surface area contributed by atoms with E-state index in [9.17, 15) is 8.42 Å². The molecular formula is C13H21N3O2S. The molecule has 0 saturated carbocycles. The monoisotopic (exact) mass is 283 g/mol. The Hall–Kier alpha value is -0.880. The van der Waals surface area contributed by atoms with E-state index < -0.39 is 9.84 Å². The molecule has 0 aromatic carbocycles. The molecule has 2 aliphatic heterocycles. The maximum atomic E-state index is 11.7. The summed E-state index contributed by atoms with van der Waals surface area (Å²) >= 11 is 0. The molecule has 0 bridgehead atoms. The third kappa shape index (κ3) is 3.00. The first-order valence-corrected chi connectivity index (χ1v) is 8.91. The molecule has 0 amide bonds. The number of nitrogens with one attached hydrogen (secondary N) is 1. The Kier molecular flexibility index (Phi) is 3.62. The van der Waals surface area contributed by atoms with E-state index in [1.165, 1.54) is 5.56 Å². The Morgan fingerprint density at radius 1 is 1.26 bits per heavy atom. The van der Waals surface area contributed by atoms with Crippen LogP contribution in [0.4, 0.5) is 0 Å². The normalized spacial score (nSPS) is 28.3. The molecular weight excluding hydrogens is 262 g/mol. The third-order valence-corrected chi connectivity index (χ3v) is 6.05. The van der Waals surface area contributed by atoms with Gasteiger partial charge in [-0.2, -0.15) is 5.10 Å². The van der Waals surface area contributed by atoms with Crippen molar-refractivity contribution in [1.82, 2.24) is 15.1 Å². The minimum Gasteiger partial charge on any atom is -0.317 e. The number of rotatable bonds is 2. The van der Waals surface area contributed by atoms with Gasteiger partial charge in [0, 0.05) is 6.20 Å². The van der Waals surface area contributed by atoms with Gasteiger partial charge in [-0.05, 0) is 50.3 Å². The second kappa shape index (κ2) is 5.25. The van der Waals surface area contributed by atoms with E-state index >= 15 is 0 Å². The lowest BCUT2D eigenvalue weighted by molar-refractivity contribution is 0.432. The average Bonchev–Trinajstić information content (AvgIpc) is 2.88. The maximum absolute atomic E-state index is 11.7. The number of piperidine rings is 1. The van der Waals surface area contributed by atoms with Gasteiger partial charge in [0.2, 0.25) is 0 Å². The Bertz CT molecular complexity index is 532. The van der Waals surface area contributed by atoms with E-state index in [0.29, 0.717) is 11.7 Å². The van der Waals surface area contributed by atoms with Crippen molar-refractivity contribution in [1.29, 1.82) is 0 Å². The second-order valence-corrected chi connectivity index (χ2v) is 7.92. The predicted octanol–water partition coefficient (Wildman–Crippen LogP) is 1.10. The van der Waals surface area contributed by atoms with Gasteiger partial charge in [-0.3, -0.25) is 4.68 Å². The van der Waals surface area contributed by atoms with Gasteiger partial charge < -0.3 is 5.32 Å². The fourth-order valence-corrected chi connectivity index (χ4v) is 4.80. The zero-order valence-corrected chi connectivity index (χ0v) is 11.9. The second-order valence-electron chi connectivity index (χ2n) is 5.69. The third-order valence-electron chi connectivity index (χ3n) is 4.25. The molecule has 0 radical (unpaired) electrons. The summed E-state index contributed by atoms with van der Waals surface area (Å²) in [7, 11) is -2.87. The quantitative estimate of drug-likeness (QED) is 0.883. The lowest BCUT2D eigenvalue weighted by Gasteiger charge is -2.23. The minimum atomic E-state index is -2.87. The molecule has 2 saturated heterocycles. The van der Waals surface area contributed by atoms with Crippen molar-refractivity contribution < 1.29 is 8.42 Å². The van der Waals surface area contributed by atoms with E-state index in [4.69, 9.17) is 0 Å². The molecule has 5 nitrogen and oxygen atoms in total. The molecule has 19 heavy (non-hydrogen) atoms. The highest BCUT2D eigenvalue weighted by molar-refractivity contribution is 7.91. The van der Waals surface area contributed by atoms with E-state index in [2.05, 4.69) is 16.6 Å². The number of nitrogens with zero attached hydrogens (tertiary/aromatic N) is 2. The van der Waals surface area contributed by atoms with Crippen molar-refractivity contribution in [2.24, 2.45) is 0 Å². The average molecular weight is 283 g/mol. The molecule has 2 aliphatic rings. The van der Waals surface area contributed by atoms with Crippen LogP contribution in [0.15, 0.2) is 12.4 Å². The van der Waals surface area contributed by atoms with Crippen molar-refractivity contribution in [3.05, 3.63) is 18.0 Å².